The minimum atomic E-state index is -0.886. The number of nitrogens with one attached hydrogen (secondary N) is 1. The van der Waals surface area contributed by atoms with Crippen molar-refractivity contribution in [2.45, 2.75) is 31.2 Å². The number of aryl methyl sites for hydroxylation is 1. The number of amides is 3. The maximum atomic E-state index is 13.0. The molecule has 3 aliphatic rings. The molecule has 23 heavy (non-hydrogen) atoms. The van der Waals surface area contributed by atoms with Crippen molar-refractivity contribution in [2.24, 2.45) is 5.92 Å². The highest BCUT2D eigenvalue weighted by Gasteiger charge is 2.55. The van der Waals surface area contributed by atoms with Crippen LogP contribution in [0.2, 0.25) is 5.02 Å². The number of rotatable bonds is 3. The van der Waals surface area contributed by atoms with Gasteiger partial charge in [0.05, 0.1) is 0 Å². The quantitative estimate of drug-likeness (QED) is 0.864. The van der Waals surface area contributed by atoms with Crippen LogP contribution in [0.4, 0.5) is 4.79 Å². The molecule has 0 saturated carbocycles. The highest BCUT2D eigenvalue weighted by atomic mass is 35.5. The van der Waals surface area contributed by atoms with Crippen molar-refractivity contribution in [3.05, 3.63) is 34.3 Å². The largest absolute Gasteiger partial charge is 0.381 e. The summed E-state index contributed by atoms with van der Waals surface area (Å²) in [7, 11) is 0. The van der Waals surface area contributed by atoms with E-state index in [0.29, 0.717) is 23.9 Å². The van der Waals surface area contributed by atoms with Gasteiger partial charge in [-0.2, -0.15) is 0 Å². The van der Waals surface area contributed by atoms with E-state index >= 15 is 0 Å². The summed E-state index contributed by atoms with van der Waals surface area (Å²) >= 11 is 6.04. The van der Waals surface area contributed by atoms with Gasteiger partial charge in [0.1, 0.15) is 5.54 Å². The van der Waals surface area contributed by atoms with Crippen molar-refractivity contribution in [3.63, 3.8) is 0 Å². The Bertz CT molecular complexity index is 672. The Hall–Kier alpha value is -1.59. The minimum Gasteiger partial charge on any atom is -0.381 e. The Labute approximate surface area is 139 Å². The molecular formula is C17H19ClN2O3. The third-order valence-corrected chi connectivity index (χ3v) is 5.49. The summed E-state index contributed by atoms with van der Waals surface area (Å²) < 4.78 is 5.36. The minimum absolute atomic E-state index is 0.123. The van der Waals surface area contributed by atoms with Crippen LogP contribution >= 0.6 is 11.6 Å². The monoisotopic (exact) mass is 334 g/mol. The van der Waals surface area contributed by atoms with Crippen LogP contribution in [-0.2, 0) is 21.5 Å². The molecule has 1 N–H and O–H groups in total. The van der Waals surface area contributed by atoms with Crippen LogP contribution in [0.3, 0.4) is 0 Å². The molecule has 122 valence electrons. The average molecular weight is 335 g/mol. The summed E-state index contributed by atoms with van der Waals surface area (Å²) in [6, 6.07) is 5.27. The number of carbonyl (C=O) groups excluding carboxylic acids is 2. The van der Waals surface area contributed by atoms with E-state index in [2.05, 4.69) is 5.32 Å². The lowest BCUT2D eigenvalue weighted by molar-refractivity contribution is -0.131. The molecule has 5 nitrogen and oxygen atoms in total. The van der Waals surface area contributed by atoms with E-state index in [1.807, 2.05) is 12.1 Å². The van der Waals surface area contributed by atoms with E-state index in [1.54, 1.807) is 6.07 Å². The number of carbonyl (C=O) groups is 2. The second kappa shape index (κ2) is 5.49. The second-order valence-electron chi connectivity index (χ2n) is 6.61. The molecule has 2 saturated heterocycles. The molecular weight excluding hydrogens is 316 g/mol. The number of nitrogens with zero attached hydrogens (tertiary/aromatic N) is 1. The lowest BCUT2D eigenvalue weighted by atomic mass is 9.91. The van der Waals surface area contributed by atoms with Gasteiger partial charge >= 0.3 is 6.03 Å². The van der Waals surface area contributed by atoms with Gasteiger partial charge in [0.25, 0.3) is 5.91 Å². The van der Waals surface area contributed by atoms with E-state index in [9.17, 15) is 9.59 Å². The van der Waals surface area contributed by atoms with E-state index in [0.717, 1.165) is 43.6 Å². The van der Waals surface area contributed by atoms with Crippen LogP contribution in [0.5, 0.6) is 0 Å². The summed E-state index contributed by atoms with van der Waals surface area (Å²) in [5.74, 6) is 0.323. The topological polar surface area (TPSA) is 58.6 Å². The van der Waals surface area contributed by atoms with Gasteiger partial charge in [-0.15, -0.1) is 0 Å². The fraction of sp³-hybridized carbons (Fsp3) is 0.529. The Morgan fingerprint density at radius 3 is 3.04 bits per heavy atom. The smallest absolute Gasteiger partial charge is 0.325 e. The molecule has 0 bridgehead atoms. The van der Waals surface area contributed by atoms with E-state index in [1.165, 1.54) is 4.90 Å². The highest BCUT2D eigenvalue weighted by molar-refractivity contribution is 6.30. The van der Waals surface area contributed by atoms with E-state index in [-0.39, 0.29) is 11.9 Å². The second-order valence-corrected chi connectivity index (χ2v) is 7.05. The van der Waals surface area contributed by atoms with Crippen molar-refractivity contribution >= 4 is 23.5 Å². The lowest BCUT2D eigenvalue weighted by Gasteiger charge is -2.22. The zero-order valence-electron chi connectivity index (χ0n) is 12.8. The van der Waals surface area contributed by atoms with Crippen molar-refractivity contribution in [2.75, 3.05) is 19.8 Å². The zero-order valence-corrected chi connectivity index (χ0v) is 13.6. The molecule has 1 aromatic rings. The number of urea groups is 1. The van der Waals surface area contributed by atoms with Gasteiger partial charge in [-0.3, -0.25) is 9.69 Å². The molecule has 1 aromatic carbocycles. The fourth-order valence-corrected chi connectivity index (χ4v) is 4.14. The van der Waals surface area contributed by atoms with Gasteiger partial charge in [0.15, 0.2) is 0 Å². The van der Waals surface area contributed by atoms with Crippen LogP contribution in [-0.4, -0.2) is 36.6 Å². The number of halogens is 1. The number of benzene rings is 1. The standard InChI is InChI=1S/C17H19ClN2O3/c18-13-1-2-14-12(9-13)3-6-17(14)15(21)20(16(22)19-17)7-4-11-5-8-23-10-11/h1-2,9,11H,3-8,10H2,(H,19,22). The maximum Gasteiger partial charge on any atom is 0.325 e. The Morgan fingerprint density at radius 2 is 2.26 bits per heavy atom. The zero-order chi connectivity index (χ0) is 16.0. The first kappa shape index (κ1) is 15.0. The first-order valence-electron chi connectivity index (χ1n) is 8.11. The van der Waals surface area contributed by atoms with Crippen molar-refractivity contribution in [1.82, 2.24) is 10.2 Å². The van der Waals surface area contributed by atoms with Gasteiger partial charge in [0.2, 0.25) is 0 Å². The third kappa shape index (κ3) is 2.34. The van der Waals surface area contributed by atoms with Gasteiger partial charge in [0, 0.05) is 24.8 Å². The van der Waals surface area contributed by atoms with Gasteiger partial charge < -0.3 is 10.1 Å². The van der Waals surface area contributed by atoms with Crippen LogP contribution in [0.1, 0.15) is 30.4 Å². The van der Waals surface area contributed by atoms with E-state index in [4.69, 9.17) is 16.3 Å². The Kier molecular flexibility index (Phi) is 3.58. The highest BCUT2D eigenvalue weighted by Crippen LogP contribution is 2.42. The molecule has 2 heterocycles. The lowest BCUT2D eigenvalue weighted by Crippen LogP contribution is -2.42. The predicted molar refractivity (Wildman–Crippen MR) is 85.2 cm³/mol. The number of ether oxygens (including phenoxy) is 1. The van der Waals surface area contributed by atoms with Crippen molar-refractivity contribution < 1.29 is 14.3 Å². The molecule has 1 aliphatic carbocycles. The predicted octanol–water partition coefficient (Wildman–Crippen LogP) is 2.46. The SMILES string of the molecule is O=C1NC2(CCc3cc(Cl)ccc32)C(=O)N1CCC1CCOC1. The van der Waals surface area contributed by atoms with Crippen LogP contribution in [0.15, 0.2) is 18.2 Å². The molecule has 0 aromatic heterocycles. The van der Waals surface area contributed by atoms with Crippen LogP contribution in [0.25, 0.3) is 0 Å². The number of imide groups is 1. The van der Waals surface area contributed by atoms with E-state index < -0.39 is 5.54 Å². The van der Waals surface area contributed by atoms with Gasteiger partial charge in [-0.25, -0.2) is 4.79 Å². The number of hydrogen-bond donors (Lipinski definition) is 1. The molecule has 2 fully saturated rings. The molecule has 4 rings (SSSR count). The molecule has 2 unspecified atom stereocenters. The normalized spacial score (nSPS) is 29.4. The first-order valence-corrected chi connectivity index (χ1v) is 8.49. The fourth-order valence-electron chi connectivity index (χ4n) is 3.95. The van der Waals surface area contributed by atoms with Crippen molar-refractivity contribution in [1.29, 1.82) is 0 Å². The summed E-state index contributed by atoms with van der Waals surface area (Å²) in [6.07, 6.45) is 3.18. The molecule has 1 spiro atoms. The summed E-state index contributed by atoms with van der Waals surface area (Å²) in [4.78, 5) is 26.7. The van der Waals surface area contributed by atoms with Gasteiger partial charge in [-0.05, 0) is 54.9 Å². The molecule has 2 aliphatic heterocycles. The Morgan fingerprint density at radius 1 is 1.39 bits per heavy atom. The summed E-state index contributed by atoms with van der Waals surface area (Å²) in [5, 5.41) is 3.61. The number of fused-ring (bicyclic) bond motifs is 2. The van der Waals surface area contributed by atoms with Crippen molar-refractivity contribution in [3.8, 4) is 0 Å². The molecule has 3 amide bonds. The van der Waals surface area contributed by atoms with Gasteiger partial charge in [-0.1, -0.05) is 17.7 Å². The average Bonchev–Trinajstić information content (AvgIpc) is 3.20. The molecule has 2 atom stereocenters. The summed E-state index contributed by atoms with van der Waals surface area (Å²) in [6.45, 7) is 1.97. The Balaban J connectivity index is 1.56. The molecule has 6 heteroatoms. The number of hydrogen-bond acceptors (Lipinski definition) is 3. The third-order valence-electron chi connectivity index (χ3n) is 5.26. The maximum absolute atomic E-state index is 13.0. The van der Waals surface area contributed by atoms with Crippen LogP contribution in [0, 0.1) is 5.92 Å². The first-order chi connectivity index (χ1) is 11.1. The van der Waals surface area contributed by atoms with Crippen LogP contribution < -0.4 is 5.32 Å². The molecule has 0 radical (unpaired) electrons. The summed E-state index contributed by atoms with van der Waals surface area (Å²) in [5.41, 5.74) is 1.06.